The molecule has 0 unspecified atom stereocenters. The van der Waals surface area contributed by atoms with E-state index in [4.69, 9.17) is 0 Å². The minimum Gasteiger partial charge on any atom is -0.359 e. The molecule has 3 heteroatoms. The van der Waals surface area contributed by atoms with Crippen LogP contribution in [-0.2, 0) is 0 Å². The van der Waals surface area contributed by atoms with Crippen molar-refractivity contribution in [3.8, 4) is 5.69 Å². The first-order chi connectivity index (χ1) is 12.5. The molecule has 1 aromatic heterocycles. The second-order valence-electron chi connectivity index (χ2n) is 7.34. The fourth-order valence-electron chi connectivity index (χ4n) is 3.80. The first kappa shape index (κ1) is 16.6. The lowest BCUT2D eigenvalue weighted by atomic mass is 10.1. The molecule has 2 aromatic carbocycles. The van der Waals surface area contributed by atoms with Gasteiger partial charge in [0, 0.05) is 49.5 Å². The van der Waals surface area contributed by atoms with Crippen molar-refractivity contribution in [1.29, 1.82) is 0 Å². The smallest absolute Gasteiger partial charge is 0.216 e. The number of rotatable bonds is 2. The first-order valence-electron chi connectivity index (χ1n) is 9.17. The molecule has 1 atom stereocenters. The Hall–Kier alpha value is -2.81. The van der Waals surface area contributed by atoms with E-state index in [1.807, 2.05) is 0 Å². The van der Waals surface area contributed by atoms with Gasteiger partial charge in [0.2, 0.25) is 5.69 Å². The second-order valence-corrected chi connectivity index (χ2v) is 7.34. The summed E-state index contributed by atoms with van der Waals surface area (Å²) in [5.41, 5.74) is 6.33. The van der Waals surface area contributed by atoms with Crippen molar-refractivity contribution in [3.05, 3.63) is 77.9 Å². The fourth-order valence-corrected chi connectivity index (χ4v) is 3.80. The van der Waals surface area contributed by atoms with Crippen molar-refractivity contribution in [2.24, 2.45) is 0 Å². The number of benzene rings is 2. The van der Waals surface area contributed by atoms with Crippen LogP contribution in [0.25, 0.3) is 16.5 Å². The van der Waals surface area contributed by atoms with Gasteiger partial charge < -0.3 is 9.80 Å². The summed E-state index contributed by atoms with van der Waals surface area (Å²) >= 11 is 0. The summed E-state index contributed by atoms with van der Waals surface area (Å²) < 4.78 is 2.32. The number of hydrogen-bond donors (Lipinski definition) is 0. The third kappa shape index (κ3) is 2.64. The van der Waals surface area contributed by atoms with Gasteiger partial charge in [0.15, 0.2) is 11.9 Å². The van der Waals surface area contributed by atoms with Crippen LogP contribution >= 0.6 is 0 Å². The third-order valence-corrected chi connectivity index (χ3v) is 5.50. The highest BCUT2D eigenvalue weighted by molar-refractivity contribution is 5.81. The van der Waals surface area contributed by atoms with Gasteiger partial charge in [-0.25, -0.2) is 0 Å². The van der Waals surface area contributed by atoms with Crippen LogP contribution in [0.5, 0.6) is 0 Å². The van der Waals surface area contributed by atoms with Gasteiger partial charge in [-0.2, -0.15) is 4.57 Å². The Bertz CT molecular complexity index is 1020. The molecule has 1 aliphatic rings. The maximum atomic E-state index is 2.35. The van der Waals surface area contributed by atoms with E-state index in [-0.39, 0.29) is 0 Å². The summed E-state index contributed by atoms with van der Waals surface area (Å²) in [6, 6.07) is 15.4. The lowest BCUT2D eigenvalue weighted by molar-refractivity contribution is -0.601. The van der Waals surface area contributed by atoms with E-state index in [9.17, 15) is 0 Å². The number of aromatic nitrogens is 1. The van der Waals surface area contributed by atoms with E-state index >= 15 is 0 Å². The highest BCUT2D eigenvalue weighted by Crippen LogP contribution is 2.31. The van der Waals surface area contributed by atoms with Crippen molar-refractivity contribution < 1.29 is 4.57 Å². The van der Waals surface area contributed by atoms with Crippen LogP contribution < -0.4 is 9.47 Å². The van der Waals surface area contributed by atoms with Crippen LogP contribution in [0.15, 0.2) is 61.1 Å². The lowest BCUT2D eigenvalue weighted by Gasteiger charge is -2.28. The molecular weight excluding hydrogens is 318 g/mol. The highest BCUT2D eigenvalue weighted by atomic mass is 15.4. The monoisotopic (exact) mass is 344 g/mol. The predicted molar refractivity (Wildman–Crippen MR) is 109 cm³/mol. The van der Waals surface area contributed by atoms with E-state index in [1.54, 1.807) is 0 Å². The molecule has 0 fully saturated rings. The summed E-state index contributed by atoms with van der Waals surface area (Å²) in [5, 5.41) is 2.54. The van der Waals surface area contributed by atoms with Crippen molar-refractivity contribution in [2.45, 2.75) is 33.9 Å². The Morgan fingerprint density at radius 3 is 2.35 bits per heavy atom. The van der Waals surface area contributed by atoms with Crippen molar-refractivity contribution in [1.82, 2.24) is 4.90 Å². The van der Waals surface area contributed by atoms with Gasteiger partial charge in [-0.15, -0.1) is 0 Å². The van der Waals surface area contributed by atoms with Crippen LogP contribution in [0, 0.1) is 20.8 Å². The molecule has 0 radical (unpaired) electrons. The SMILES string of the molecule is Cc1cc(N2C=CN(C)[C@H]2C)c(C)c(-[n+]2cc3ccccc3cc2C)c1. The van der Waals surface area contributed by atoms with Crippen LogP contribution in [0.4, 0.5) is 5.69 Å². The van der Waals surface area contributed by atoms with E-state index < -0.39 is 0 Å². The summed E-state index contributed by atoms with van der Waals surface area (Å²) in [7, 11) is 2.12. The molecule has 2 heterocycles. The topological polar surface area (TPSA) is 10.4 Å². The van der Waals surface area contributed by atoms with Gasteiger partial charge in [0.05, 0.1) is 5.69 Å². The second kappa shape index (κ2) is 6.17. The lowest BCUT2D eigenvalue weighted by Crippen LogP contribution is -2.37. The minimum absolute atomic E-state index is 0.325. The average molecular weight is 344 g/mol. The van der Waals surface area contributed by atoms with Crippen molar-refractivity contribution >= 4 is 16.5 Å². The molecule has 0 aliphatic carbocycles. The zero-order valence-corrected chi connectivity index (χ0v) is 16.2. The molecule has 3 aromatic rings. The van der Waals surface area contributed by atoms with E-state index in [1.165, 1.54) is 39.0 Å². The van der Waals surface area contributed by atoms with E-state index in [0.717, 1.165) is 0 Å². The zero-order chi connectivity index (χ0) is 18.4. The molecule has 0 amide bonds. The van der Waals surface area contributed by atoms with Crippen molar-refractivity contribution in [2.75, 3.05) is 11.9 Å². The van der Waals surface area contributed by atoms with Crippen molar-refractivity contribution in [3.63, 3.8) is 0 Å². The summed E-state index contributed by atoms with van der Waals surface area (Å²) in [4.78, 5) is 4.58. The first-order valence-corrected chi connectivity index (χ1v) is 9.17. The normalized spacial score (nSPS) is 16.7. The Labute approximate surface area is 155 Å². The maximum absolute atomic E-state index is 2.35. The van der Waals surface area contributed by atoms with Gasteiger partial charge in [-0.1, -0.05) is 18.2 Å². The van der Waals surface area contributed by atoms with Gasteiger partial charge in [0.1, 0.15) is 6.17 Å². The average Bonchev–Trinajstić information content (AvgIpc) is 2.95. The van der Waals surface area contributed by atoms with Gasteiger partial charge >= 0.3 is 0 Å². The Kier molecular flexibility index (Phi) is 3.95. The van der Waals surface area contributed by atoms with Gasteiger partial charge in [-0.05, 0) is 43.9 Å². The van der Waals surface area contributed by atoms with Gasteiger partial charge in [-0.3, -0.25) is 0 Å². The predicted octanol–water partition coefficient (Wildman–Crippen LogP) is 4.61. The highest BCUT2D eigenvalue weighted by Gasteiger charge is 2.25. The molecule has 0 spiro atoms. The minimum atomic E-state index is 0.325. The molecule has 26 heavy (non-hydrogen) atoms. The van der Waals surface area contributed by atoms with E-state index in [0.29, 0.717) is 6.17 Å². The number of anilines is 1. The largest absolute Gasteiger partial charge is 0.359 e. The number of hydrogen-bond acceptors (Lipinski definition) is 2. The Balaban J connectivity index is 1.90. The molecule has 0 saturated heterocycles. The Morgan fingerprint density at radius 2 is 1.65 bits per heavy atom. The van der Waals surface area contributed by atoms with Crippen LogP contribution in [0.3, 0.4) is 0 Å². The van der Waals surface area contributed by atoms with Crippen LogP contribution in [-0.4, -0.2) is 18.1 Å². The number of nitrogens with zero attached hydrogens (tertiary/aromatic N) is 3. The standard InChI is InChI=1S/C23H26N3/c1-16-12-22(25-11-10-24(5)19(25)4)18(3)23(13-16)26-15-21-9-7-6-8-20(21)14-17(26)2/h6-15,19H,1-5H3/q+1/t19-/m1/s1. The van der Waals surface area contributed by atoms with Crippen LogP contribution in [0.2, 0.25) is 0 Å². The molecular formula is C23H26N3+. The molecule has 0 N–H and O–H groups in total. The number of fused-ring (bicyclic) bond motifs is 1. The molecule has 3 nitrogen and oxygen atoms in total. The summed E-state index contributed by atoms with van der Waals surface area (Å²) in [6.45, 7) is 8.82. The fraction of sp³-hybridized carbons (Fsp3) is 0.261. The number of aryl methyl sites for hydroxylation is 2. The zero-order valence-electron chi connectivity index (χ0n) is 16.2. The summed E-state index contributed by atoms with van der Waals surface area (Å²) in [6.07, 6.45) is 6.89. The summed E-state index contributed by atoms with van der Waals surface area (Å²) in [5.74, 6) is 0. The molecule has 4 rings (SSSR count). The number of pyridine rings is 1. The quantitative estimate of drug-likeness (QED) is 0.629. The molecule has 1 aliphatic heterocycles. The third-order valence-electron chi connectivity index (χ3n) is 5.50. The molecule has 132 valence electrons. The van der Waals surface area contributed by atoms with Crippen LogP contribution in [0.1, 0.15) is 23.7 Å². The maximum Gasteiger partial charge on any atom is 0.216 e. The van der Waals surface area contributed by atoms with E-state index in [2.05, 4.69) is 110 Å². The van der Waals surface area contributed by atoms with Gasteiger partial charge in [0.25, 0.3) is 0 Å². The Morgan fingerprint density at radius 1 is 0.923 bits per heavy atom. The molecule has 0 saturated carbocycles. The molecule has 0 bridgehead atoms.